The van der Waals surface area contributed by atoms with Crippen molar-refractivity contribution in [1.29, 1.82) is 0 Å². The monoisotopic (exact) mass is 476 g/mol. The summed E-state index contributed by atoms with van der Waals surface area (Å²) in [4.78, 5) is 53.7. The van der Waals surface area contributed by atoms with Gasteiger partial charge in [0.05, 0.1) is 7.11 Å². The number of carbonyl (C=O) groups excluding carboxylic acids is 2. The van der Waals surface area contributed by atoms with Crippen LogP contribution in [0.3, 0.4) is 0 Å². The van der Waals surface area contributed by atoms with Gasteiger partial charge in [0.25, 0.3) is 11.5 Å². The number of ether oxygens (including phenoxy) is 2. The lowest BCUT2D eigenvalue weighted by atomic mass is 10.2. The normalized spacial score (nSPS) is 10.7. The molecule has 0 saturated heterocycles. The zero-order valence-electron chi connectivity index (χ0n) is 19.8. The van der Waals surface area contributed by atoms with Crippen molar-refractivity contribution in [2.45, 2.75) is 52.5 Å². The van der Waals surface area contributed by atoms with Crippen LogP contribution in [0.25, 0.3) is 0 Å². The van der Waals surface area contributed by atoms with E-state index in [0.717, 1.165) is 24.2 Å². The number of aromatic hydroxyl groups is 1. The van der Waals surface area contributed by atoms with Crippen LogP contribution in [0.5, 0.6) is 11.5 Å². The average Bonchev–Trinajstić information content (AvgIpc) is 2.81. The van der Waals surface area contributed by atoms with Gasteiger partial charge in [0.1, 0.15) is 22.9 Å². The molecule has 0 unspecified atom stereocenters. The lowest BCUT2D eigenvalue weighted by Crippen LogP contribution is -2.43. The fourth-order valence-corrected chi connectivity index (χ4v) is 3.35. The molecule has 1 aromatic heterocycles. The molecule has 0 spiro atoms. The summed E-state index contributed by atoms with van der Waals surface area (Å²) in [7, 11) is 1.41. The number of aromatic nitrogens is 2. The molecule has 1 aromatic carbocycles. The number of unbranched alkanes of at least 4 members (excludes halogenated alkanes) is 3. The summed E-state index contributed by atoms with van der Waals surface area (Å²) in [5.41, 5.74) is 4.42. The van der Waals surface area contributed by atoms with E-state index in [1.165, 1.54) is 29.9 Å². The van der Waals surface area contributed by atoms with Crippen molar-refractivity contribution in [3.8, 4) is 11.5 Å². The second-order valence-corrected chi connectivity index (χ2v) is 7.71. The van der Waals surface area contributed by atoms with Gasteiger partial charge in [-0.25, -0.2) is 9.59 Å². The lowest BCUT2D eigenvalue weighted by Gasteiger charge is -2.24. The molecule has 0 aliphatic heterocycles. The molecular formula is C23H32N4O7. The Kier molecular flexibility index (Phi) is 9.72. The van der Waals surface area contributed by atoms with Crippen LogP contribution in [0, 0.1) is 0 Å². The van der Waals surface area contributed by atoms with Crippen LogP contribution in [-0.4, -0.2) is 46.8 Å². The molecule has 0 saturated carbocycles. The van der Waals surface area contributed by atoms with E-state index in [2.05, 4.69) is 4.98 Å². The van der Waals surface area contributed by atoms with Crippen molar-refractivity contribution >= 4 is 23.4 Å². The Labute approximate surface area is 197 Å². The molecule has 0 aliphatic rings. The number of nitrogens with one attached hydrogen (secondary N) is 1. The van der Waals surface area contributed by atoms with Crippen LogP contribution in [0.4, 0.5) is 11.5 Å². The Morgan fingerprint density at radius 1 is 1.15 bits per heavy atom. The summed E-state index contributed by atoms with van der Waals surface area (Å²) >= 11 is 0. The molecule has 0 fully saturated rings. The molecular weight excluding hydrogens is 444 g/mol. The molecule has 11 nitrogen and oxygen atoms in total. The van der Waals surface area contributed by atoms with E-state index in [4.69, 9.17) is 15.2 Å². The topological polar surface area (TPSA) is 157 Å². The zero-order chi connectivity index (χ0) is 25.3. The highest BCUT2D eigenvalue weighted by molar-refractivity contribution is 5.99. The molecule has 2 rings (SSSR count). The van der Waals surface area contributed by atoms with E-state index in [0.29, 0.717) is 18.6 Å². The van der Waals surface area contributed by atoms with Gasteiger partial charge >= 0.3 is 11.7 Å². The van der Waals surface area contributed by atoms with E-state index in [1.807, 2.05) is 13.8 Å². The van der Waals surface area contributed by atoms with Crippen LogP contribution in [0.15, 0.2) is 27.8 Å². The molecule has 0 bridgehead atoms. The minimum atomic E-state index is -0.920. The van der Waals surface area contributed by atoms with E-state index < -0.39 is 29.7 Å². The number of nitrogen functional groups attached to an aromatic ring is 1. The first-order valence-electron chi connectivity index (χ1n) is 11.2. The Morgan fingerprint density at radius 2 is 1.85 bits per heavy atom. The number of esters is 1. The Balaban J connectivity index is 2.31. The van der Waals surface area contributed by atoms with Gasteiger partial charge in [-0.3, -0.25) is 19.1 Å². The minimum Gasteiger partial charge on any atom is -0.507 e. The summed E-state index contributed by atoms with van der Waals surface area (Å²) in [6.07, 6.45) is 3.69. The SMILES string of the molecule is CCCCCN(C(=O)COC(=O)c1ccc(OC)cc1O)c1c(N)n(CCCC)c(=O)[nH]c1=O. The Hall–Kier alpha value is -3.76. The molecule has 0 atom stereocenters. The molecule has 11 heteroatoms. The number of hydrogen-bond donors (Lipinski definition) is 3. The van der Waals surface area contributed by atoms with Crippen LogP contribution in [0.2, 0.25) is 0 Å². The van der Waals surface area contributed by atoms with Gasteiger partial charge in [-0.15, -0.1) is 0 Å². The number of phenols is 1. The number of aromatic amines is 1. The van der Waals surface area contributed by atoms with Crippen LogP contribution >= 0.6 is 0 Å². The third kappa shape index (κ3) is 6.40. The quantitative estimate of drug-likeness (QED) is 0.310. The molecule has 1 amide bonds. The smallest absolute Gasteiger partial charge is 0.342 e. The number of benzene rings is 1. The van der Waals surface area contributed by atoms with E-state index in [1.54, 1.807) is 0 Å². The third-order valence-electron chi connectivity index (χ3n) is 5.26. The summed E-state index contributed by atoms with van der Waals surface area (Å²) < 4.78 is 11.3. The number of phenolic OH excluding ortho intramolecular Hbond substituents is 1. The van der Waals surface area contributed by atoms with E-state index >= 15 is 0 Å². The fourth-order valence-electron chi connectivity index (χ4n) is 3.35. The molecule has 4 N–H and O–H groups in total. The largest absolute Gasteiger partial charge is 0.507 e. The molecule has 186 valence electrons. The standard InChI is InChI=1S/C23H32N4O7/c1-4-6-8-12-26(19-20(24)27(11-7-5-2)23(32)25-21(19)30)18(29)14-34-22(31)16-10-9-15(33-3)13-17(16)28/h9-10,13,28H,4-8,11-12,14,24H2,1-3H3,(H,25,30,32). The number of rotatable bonds is 12. The maximum Gasteiger partial charge on any atom is 0.342 e. The first kappa shape index (κ1) is 26.5. The lowest BCUT2D eigenvalue weighted by molar-refractivity contribution is -0.121. The molecule has 0 radical (unpaired) electrons. The van der Waals surface area contributed by atoms with Crippen molar-refractivity contribution in [3.63, 3.8) is 0 Å². The summed E-state index contributed by atoms with van der Waals surface area (Å²) in [5, 5.41) is 10.0. The van der Waals surface area contributed by atoms with Crippen molar-refractivity contribution in [1.82, 2.24) is 9.55 Å². The number of carbonyl (C=O) groups is 2. The number of hydrogen-bond acceptors (Lipinski definition) is 8. The Bertz CT molecular complexity index is 1120. The van der Waals surface area contributed by atoms with Crippen molar-refractivity contribution in [2.24, 2.45) is 0 Å². The van der Waals surface area contributed by atoms with Crippen molar-refractivity contribution < 1.29 is 24.2 Å². The van der Waals surface area contributed by atoms with Crippen LogP contribution < -0.4 is 26.6 Å². The third-order valence-corrected chi connectivity index (χ3v) is 5.26. The predicted molar refractivity (Wildman–Crippen MR) is 127 cm³/mol. The molecule has 34 heavy (non-hydrogen) atoms. The number of anilines is 2. The van der Waals surface area contributed by atoms with Gasteiger partial charge in [-0.05, 0) is 25.0 Å². The van der Waals surface area contributed by atoms with Gasteiger partial charge in [-0.1, -0.05) is 33.1 Å². The molecule has 0 aliphatic carbocycles. The highest BCUT2D eigenvalue weighted by Crippen LogP contribution is 2.24. The summed E-state index contributed by atoms with van der Waals surface area (Å²) in [5.74, 6) is -1.74. The average molecular weight is 477 g/mol. The van der Waals surface area contributed by atoms with Gasteiger partial charge < -0.3 is 25.2 Å². The highest BCUT2D eigenvalue weighted by atomic mass is 16.5. The number of nitrogens with two attached hydrogens (primary N) is 1. The maximum atomic E-state index is 13.0. The zero-order valence-corrected chi connectivity index (χ0v) is 19.8. The first-order valence-corrected chi connectivity index (χ1v) is 11.2. The predicted octanol–water partition coefficient (Wildman–Crippen LogP) is 2.01. The number of H-pyrrole nitrogens is 1. The number of methoxy groups -OCH3 is 1. The van der Waals surface area contributed by atoms with Crippen molar-refractivity contribution in [3.05, 3.63) is 44.6 Å². The second-order valence-electron chi connectivity index (χ2n) is 7.71. The first-order chi connectivity index (χ1) is 16.2. The van der Waals surface area contributed by atoms with Gasteiger partial charge in [-0.2, -0.15) is 0 Å². The van der Waals surface area contributed by atoms with Gasteiger partial charge in [0.2, 0.25) is 0 Å². The van der Waals surface area contributed by atoms with Gasteiger partial charge in [0, 0.05) is 19.2 Å². The number of amides is 1. The van der Waals surface area contributed by atoms with Crippen LogP contribution in [-0.2, 0) is 16.1 Å². The van der Waals surface area contributed by atoms with E-state index in [-0.39, 0.29) is 35.9 Å². The van der Waals surface area contributed by atoms with Crippen molar-refractivity contribution in [2.75, 3.05) is 30.9 Å². The summed E-state index contributed by atoms with van der Waals surface area (Å²) in [6, 6.07) is 4.02. The summed E-state index contributed by atoms with van der Waals surface area (Å²) in [6.45, 7) is 3.68. The number of nitrogens with zero attached hydrogens (tertiary/aromatic N) is 2. The fraction of sp³-hybridized carbons (Fsp3) is 0.478. The van der Waals surface area contributed by atoms with Gasteiger partial charge in [0.15, 0.2) is 12.3 Å². The minimum absolute atomic E-state index is 0.119. The highest BCUT2D eigenvalue weighted by Gasteiger charge is 2.25. The molecule has 1 heterocycles. The molecule has 2 aromatic rings. The van der Waals surface area contributed by atoms with Crippen LogP contribution in [0.1, 0.15) is 56.3 Å². The second kappa shape index (κ2) is 12.5. The Morgan fingerprint density at radius 3 is 2.47 bits per heavy atom. The maximum absolute atomic E-state index is 13.0. The van der Waals surface area contributed by atoms with E-state index in [9.17, 15) is 24.3 Å².